The summed E-state index contributed by atoms with van der Waals surface area (Å²) >= 11 is 5.86. The fourth-order valence-electron chi connectivity index (χ4n) is 3.08. The van der Waals surface area contributed by atoms with Crippen molar-refractivity contribution in [1.82, 2.24) is 14.5 Å². The maximum atomic E-state index is 13.3. The highest BCUT2D eigenvalue weighted by molar-refractivity contribution is 7.89. The van der Waals surface area contributed by atoms with Gasteiger partial charge >= 0.3 is 0 Å². The average molecular weight is 494 g/mol. The zero-order valence-electron chi connectivity index (χ0n) is 19.7. The Labute approximate surface area is 201 Å². The van der Waals surface area contributed by atoms with Crippen LogP contribution >= 0.6 is 11.6 Å². The Hall–Kier alpha value is -2.42. The molecule has 0 unspecified atom stereocenters. The molecule has 2 amide bonds. The van der Waals surface area contributed by atoms with Crippen LogP contribution < -0.4 is 5.32 Å². The van der Waals surface area contributed by atoms with E-state index < -0.39 is 28.5 Å². The fraction of sp³-hybridized carbons (Fsp3) is 0.417. The van der Waals surface area contributed by atoms with Crippen LogP contribution in [0.5, 0.6) is 0 Å². The number of hydrogen-bond acceptors (Lipinski definition) is 4. The minimum atomic E-state index is -3.90. The molecule has 0 fully saturated rings. The normalized spacial score (nSPS) is 12.6. The molecule has 0 spiro atoms. The van der Waals surface area contributed by atoms with Gasteiger partial charge in [-0.2, -0.15) is 4.31 Å². The van der Waals surface area contributed by atoms with E-state index in [4.69, 9.17) is 11.6 Å². The van der Waals surface area contributed by atoms with Gasteiger partial charge in [0.25, 0.3) is 0 Å². The van der Waals surface area contributed by atoms with Gasteiger partial charge in [0.15, 0.2) is 0 Å². The van der Waals surface area contributed by atoms with Crippen molar-refractivity contribution in [2.24, 2.45) is 5.92 Å². The second-order valence-electron chi connectivity index (χ2n) is 8.54. The number of amides is 2. The Morgan fingerprint density at radius 2 is 1.58 bits per heavy atom. The van der Waals surface area contributed by atoms with Crippen molar-refractivity contribution < 1.29 is 18.0 Å². The number of carbonyl (C=O) groups excluding carboxylic acids is 2. The van der Waals surface area contributed by atoms with Crippen LogP contribution in [0.2, 0.25) is 5.02 Å². The first-order valence-corrected chi connectivity index (χ1v) is 12.6. The van der Waals surface area contributed by atoms with Gasteiger partial charge < -0.3 is 10.2 Å². The van der Waals surface area contributed by atoms with Crippen molar-refractivity contribution in [3.63, 3.8) is 0 Å². The summed E-state index contributed by atoms with van der Waals surface area (Å²) in [6, 6.07) is 12.6. The van der Waals surface area contributed by atoms with Crippen LogP contribution in [-0.2, 0) is 26.2 Å². The van der Waals surface area contributed by atoms with Gasteiger partial charge in [-0.05, 0) is 49.6 Å². The van der Waals surface area contributed by atoms with E-state index in [1.165, 1.54) is 36.2 Å². The minimum Gasteiger partial charge on any atom is -0.354 e. The molecule has 0 aliphatic rings. The van der Waals surface area contributed by atoms with Gasteiger partial charge in [0.1, 0.15) is 6.04 Å². The van der Waals surface area contributed by atoms with Crippen molar-refractivity contribution in [3.8, 4) is 0 Å². The van der Waals surface area contributed by atoms with Gasteiger partial charge in [-0.3, -0.25) is 9.59 Å². The molecule has 0 bridgehead atoms. The molecule has 0 aliphatic carbocycles. The molecule has 33 heavy (non-hydrogen) atoms. The lowest BCUT2D eigenvalue weighted by atomic mass is 10.1. The summed E-state index contributed by atoms with van der Waals surface area (Å²) in [5.41, 5.74) is 1.92. The minimum absolute atomic E-state index is 0.0370. The molecular weight excluding hydrogens is 462 g/mol. The average Bonchev–Trinajstić information content (AvgIpc) is 2.76. The van der Waals surface area contributed by atoms with Crippen molar-refractivity contribution in [2.45, 2.75) is 45.2 Å². The number of nitrogens with one attached hydrogen (secondary N) is 1. The largest absolute Gasteiger partial charge is 0.354 e. The third-order valence-corrected chi connectivity index (χ3v) is 7.27. The Bertz CT molecular complexity index is 1050. The number of carbonyl (C=O) groups is 2. The Morgan fingerprint density at radius 3 is 2.12 bits per heavy atom. The van der Waals surface area contributed by atoms with Gasteiger partial charge in [0, 0.05) is 25.2 Å². The van der Waals surface area contributed by atoms with Gasteiger partial charge in [0.2, 0.25) is 21.8 Å². The summed E-state index contributed by atoms with van der Waals surface area (Å²) in [5.74, 6) is -0.492. The first-order valence-electron chi connectivity index (χ1n) is 10.8. The van der Waals surface area contributed by atoms with E-state index in [1.54, 1.807) is 6.92 Å². The second kappa shape index (κ2) is 11.6. The van der Waals surface area contributed by atoms with E-state index in [0.717, 1.165) is 15.4 Å². The van der Waals surface area contributed by atoms with Crippen molar-refractivity contribution in [1.29, 1.82) is 0 Å². The standard InChI is InChI=1S/C24H32ClN3O4S/c1-17(2)14-26-24(30)19(4)28(15-20-8-6-18(3)7-9-20)23(29)16-27(5)33(31,32)22-12-10-21(25)11-13-22/h6-13,17,19H,14-16H2,1-5H3,(H,26,30)/t19-/m0/s1. The summed E-state index contributed by atoms with van der Waals surface area (Å²) in [6.45, 7) is 7.84. The van der Waals surface area contributed by atoms with Crippen LogP contribution in [-0.4, -0.2) is 55.6 Å². The summed E-state index contributed by atoms with van der Waals surface area (Å²) in [6.07, 6.45) is 0. The number of hydrogen-bond donors (Lipinski definition) is 1. The molecule has 2 rings (SSSR count). The molecule has 2 aromatic rings. The molecule has 0 aromatic heterocycles. The molecule has 180 valence electrons. The molecule has 1 N–H and O–H groups in total. The van der Waals surface area contributed by atoms with Gasteiger partial charge in [-0.15, -0.1) is 0 Å². The number of halogens is 1. The molecule has 2 aromatic carbocycles. The van der Waals surface area contributed by atoms with E-state index in [9.17, 15) is 18.0 Å². The molecular formula is C24H32ClN3O4S. The number of benzene rings is 2. The predicted octanol–water partition coefficient (Wildman–Crippen LogP) is 3.46. The topological polar surface area (TPSA) is 86.8 Å². The van der Waals surface area contributed by atoms with Gasteiger partial charge in [-0.1, -0.05) is 55.3 Å². The predicted molar refractivity (Wildman–Crippen MR) is 130 cm³/mol. The van der Waals surface area contributed by atoms with E-state index in [2.05, 4.69) is 5.32 Å². The van der Waals surface area contributed by atoms with E-state index in [1.807, 2.05) is 45.0 Å². The van der Waals surface area contributed by atoms with E-state index in [-0.39, 0.29) is 23.3 Å². The number of aryl methyl sites for hydroxylation is 1. The molecule has 0 saturated heterocycles. The highest BCUT2D eigenvalue weighted by Crippen LogP contribution is 2.18. The quantitative estimate of drug-likeness (QED) is 0.549. The van der Waals surface area contributed by atoms with Gasteiger partial charge in [0.05, 0.1) is 11.4 Å². The third-order valence-electron chi connectivity index (χ3n) is 5.21. The lowest BCUT2D eigenvalue weighted by Crippen LogP contribution is -2.51. The van der Waals surface area contributed by atoms with Gasteiger partial charge in [-0.25, -0.2) is 8.42 Å². The Balaban J connectivity index is 2.24. The maximum absolute atomic E-state index is 13.3. The Morgan fingerprint density at radius 1 is 1.00 bits per heavy atom. The monoisotopic (exact) mass is 493 g/mol. The number of sulfonamides is 1. The molecule has 1 atom stereocenters. The molecule has 0 radical (unpaired) electrons. The first-order chi connectivity index (χ1) is 15.4. The number of likely N-dealkylation sites (N-methyl/N-ethyl adjacent to an activating group) is 1. The lowest BCUT2D eigenvalue weighted by molar-refractivity contribution is -0.140. The lowest BCUT2D eigenvalue weighted by Gasteiger charge is -2.30. The molecule has 9 heteroatoms. The fourth-order valence-corrected chi connectivity index (χ4v) is 4.32. The zero-order chi connectivity index (χ0) is 24.8. The summed E-state index contributed by atoms with van der Waals surface area (Å²) in [5, 5.41) is 3.26. The van der Waals surface area contributed by atoms with E-state index >= 15 is 0 Å². The van der Waals surface area contributed by atoms with Crippen LogP contribution in [0, 0.1) is 12.8 Å². The molecule has 0 heterocycles. The van der Waals surface area contributed by atoms with Crippen LogP contribution in [0.3, 0.4) is 0 Å². The summed E-state index contributed by atoms with van der Waals surface area (Å²) in [7, 11) is -2.56. The van der Waals surface area contributed by atoms with Crippen LogP contribution in [0.4, 0.5) is 0 Å². The summed E-state index contributed by atoms with van der Waals surface area (Å²) in [4.78, 5) is 27.4. The Kier molecular flexibility index (Phi) is 9.46. The van der Waals surface area contributed by atoms with Crippen LogP contribution in [0.1, 0.15) is 31.9 Å². The van der Waals surface area contributed by atoms with E-state index in [0.29, 0.717) is 11.6 Å². The third kappa shape index (κ3) is 7.55. The molecule has 0 aliphatic heterocycles. The summed E-state index contributed by atoms with van der Waals surface area (Å²) < 4.78 is 26.8. The van der Waals surface area contributed by atoms with Crippen molar-refractivity contribution in [2.75, 3.05) is 20.1 Å². The van der Waals surface area contributed by atoms with Crippen LogP contribution in [0.25, 0.3) is 0 Å². The smallest absolute Gasteiger partial charge is 0.243 e. The molecule has 7 nitrogen and oxygen atoms in total. The highest BCUT2D eigenvalue weighted by atomic mass is 35.5. The zero-order valence-corrected chi connectivity index (χ0v) is 21.3. The first kappa shape index (κ1) is 26.8. The number of nitrogens with zero attached hydrogens (tertiary/aromatic N) is 2. The highest BCUT2D eigenvalue weighted by Gasteiger charge is 2.30. The van der Waals surface area contributed by atoms with Crippen LogP contribution in [0.15, 0.2) is 53.4 Å². The molecule has 0 saturated carbocycles. The van der Waals surface area contributed by atoms with Crippen molar-refractivity contribution >= 4 is 33.4 Å². The van der Waals surface area contributed by atoms with Crippen molar-refractivity contribution in [3.05, 3.63) is 64.7 Å². The SMILES string of the molecule is Cc1ccc(CN(C(=O)CN(C)S(=O)(=O)c2ccc(Cl)cc2)[C@@H](C)C(=O)NCC(C)C)cc1. The number of rotatable bonds is 10. The maximum Gasteiger partial charge on any atom is 0.243 e. The second-order valence-corrected chi connectivity index (χ2v) is 11.0.